The van der Waals surface area contributed by atoms with E-state index in [1.54, 1.807) is 11.1 Å². The second-order valence-electron chi connectivity index (χ2n) is 10.5. The van der Waals surface area contributed by atoms with E-state index in [9.17, 15) is 9.59 Å². The van der Waals surface area contributed by atoms with E-state index in [2.05, 4.69) is 45.5 Å². The maximum absolute atomic E-state index is 12.4. The summed E-state index contributed by atoms with van der Waals surface area (Å²) in [4.78, 5) is 33.0. The van der Waals surface area contributed by atoms with Crippen LogP contribution in [-0.4, -0.2) is 60.2 Å². The number of nitrogens with one attached hydrogen (secondary N) is 1. The first kappa shape index (κ1) is 24.6. The van der Waals surface area contributed by atoms with E-state index in [4.69, 9.17) is 10.5 Å². The van der Waals surface area contributed by atoms with E-state index in [0.717, 1.165) is 58.6 Å². The molecule has 0 radical (unpaired) electrons. The Balaban J connectivity index is 1.30. The molecule has 0 bridgehead atoms. The molecule has 3 N–H and O–H groups in total. The van der Waals surface area contributed by atoms with Crippen LogP contribution in [0.5, 0.6) is 0 Å². The Morgan fingerprint density at radius 2 is 1.65 bits per heavy atom. The zero-order valence-electron chi connectivity index (χ0n) is 21.6. The van der Waals surface area contributed by atoms with Crippen LogP contribution in [0.15, 0.2) is 54.7 Å². The Kier molecular flexibility index (Phi) is 6.50. The third-order valence-corrected chi connectivity index (χ3v) is 6.76. The number of rotatable bonds is 3. The van der Waals surface area contributed by atoms with Crippen molar-refractivity contribution in [2.24, 2.45) is 0 Å². The summed E-state index contributed by atoms with van der Waals surface area (Å²) in [5, 5.41) is 2.88. The Morgan fingerprint density at radius 1 is 0.946 bits per heavy atom. The molecule has 3 heterocycles. The van der Waals surface area contributed by atoms with Crippen molar-refractivity contribution in [3.8, 4) is 22.3 Å². The fourth-order valence-corrected chi connectivity index (χ4v) is 4.80. The molecule has 0 aliphatic carbocycles. The molecule has 37 heavy (non-hydrogen) atoms. The lowest BCUT2D eigenvalue weighted by Gasteiger charge is -2.36. The Hall–Kier alpha value is -4.07. The number of carbonyl (C=O) groups excluding carboxylic acids is 2. The van der Waals surface area contributed by atoms with Gasteiger partial charge < -0.3 is 25.6 Å². The second kappa shape index (κ2) is 9.76. The van der Waals surface area contributed by atoms with Crippen LogP contribution in [0.2, 0.25) is 0 Å². The number of nitrogen functional groups attached to an aromatic ring is 1. The Labute approximate surface area is 217 Å². The summed E-state index contributed by atoms with van der Waals surface area (Å²) in [5.41, 5.74) is 12.5. The molecule has 2 aromatic carbocycles. The predicted octanol–water partition coefficient (Wildman–Crippen LogP) is 4.34. The van der Waals surface area contributed by atoms with Gasteiger partial charge in [0.15, 0.2) is 0 Å². The van der Waals surface area contributed by atoms with Gasteiger partial charge in [0.05, 0.1) is 0 Å². The van der Waals surface area contributed by atoms with E-state index < -0.39 is 5.60 Å². The molecule has 2 aliphatic rings. The second-order valence-corrected chi connectivity index (χ2v) is 10.5. The van der Waals surface area contributed by atoms with Crippen LogP contribution in [0.3, 0.4) is 0 Å². The summed E-state index contributed by atoms with van der Waals surface area (Å²) in [5.74, 6) is 0.433. The highest BCUT2D eigenvalue weighted by molar-refractivity contribution is 5.97. The van der Waals surface area contributed by atoms with Gasteiger partial charge in [-0.2, -0.15) is 0 Å². The van der Waals surface area contributed by atoms with Gasteiger partial charge in [-0.05, 0) is 68.1 Å². The van der Waals surface area contributed by atoms with Crippen molar-refractivity contribution in [3.05, 3.63) is 65.9 Å². The van der Waals surface area contributed by atoms with Gasteiger partial charge in [0.2, 0.25) is 0 Å². The maximum Gasteiger partial charge on any atom is 0.410 e. The zero-order valence-corrected chi connectivity index (χ0v) is 21.6. The summed E-state index contributed by atoms with van der Waals surface area (Å²) < 4.78 is 5.50. The van der Waals surface area contributed by atoms with E-state index in [1.165, 1.54) is 0 Å². The molecule has 1 aromatic heterocycles. The third-order valence-electron chi connectivity index (χ3n) is 6.76. The molecule has 2 amide bonds. The molecule has 0 atom stereocenters. The van der Waals surface area contributed by atoms with Crippen molar-refractivity contribution in [2.75, 3.05) is 43.4 Å². The van der Waals surface area contributed by atoms with Crippen molar-refractivity contribution in [2.45, 2.75) is 32.8 Å². The Morgan fingerprint density at radius 3 is 2.35 bits per heavy atom. The topological polar surface area (TPSA) is 101 Å². The minimum Gasteiger partial charge on any atom is -0.444 e. The van der Waals surface area contributed by atoms with Gasteiger partial charge in [-0.15, -0.1) is 0 Å². The normalized spacial score (nSPS) is 15.7. The molecule has 8 heteroatoms. The van der Waals surface area contributed by atoms with Crippen LogP contribution < -0.4 is 16.0 Å². The number of amides is 2. The summed E-state index contributed by atoms with van der Waals surface area (Å²) in [7, 11) is 0. The number of aromatic nitrogens is 1. The standard InChI is InChI=1S/C29H33N5O3/c1-29(2,3)37-28(36)34-14-12-33(13-15-34)23-7-4-19(5-8-23)22-17-25(26(30)32-18-22)20-6-9-24-21(16-20)10-11-31-27(24)35/h4-9,16-18H,10-15H2,1-3H3,(H2,30,32)(H,31,35). The van der Waals surface area contributed by atoms with E-state index in [1.807, 2.05) is 39.0 Å². The van der Waals surface area contributed by atoms with Crippen LogP contribution in [0, 0.1) is 0 Å². The van der Waals surface area contributed by atoms with Crippen molar-refractivity contribution in [1.29, 1.82) is 0 Å². The number of fused-ring (bicyclic) bond motifs is 1. The highest BCUT2D eigenvalue weighted by Gasteiger charge is 2.26. The molecule has 0 saturated carbocycles. The summed E-state index contributed by atoms with van der Waals surface area (Å²) >= 11 is 0. The number of pyridine rings is 1. The van der Waals surface area contributed by atoms with Crippen LogP contribution >= 0.6 is 0 Å². The van der Waals surface area contributed by atoms with Gasteiger partial charge >= 0.3 is 6.09 Å². The lowest BCUT2D eigenvalue weighted by atomic mass is 9.94. The average molecular weight is 500 g/mol. The number of piperazine rings is 1. The van der Waals surface area contributed by atoms with Crippen molar-refractivity contribution in [3.63, 3.8) is 0 Å². The zero-order chi connectivity index (χ0) is 26.2. The number of anilines is 2. The van der Waals surface area contributed by atoms with Gasteiger partial charge in [0.1, 0.15) is 11.4 Å². The lowest BCUT2D eigenvalue weighted by molar-refractivity contribution is 0.0240. The van der Waals surface area contributed by atoms with Gasteiger partial charge in [0, 0.05) is 61.3 Å². The average Bonchev–Trinajstić information content (AvgIpc) is 2.88. The largest absolute Gasteiger partial charge is 0.444 e. The highest BCUT2D eigenvalue weighted by atomic mass is 16.6. The van der Waals surface area contributed by atoms with Crippen LogP contribution in [-0.2, 0) is 11.2 Å². The number of hydrogen-bond donors (Lipinski definition) is 2. The first-order chi connectivity index (χ1) is 17.7. The van der Waals surface area contributed by atoms with Gasteiger partial charge in [-0.3, -0.25) is 4.79 Å². The molecule has 1 saturated heterocycles. The van der Waals surface area contributed by atoms with Gasteiger partial charge in [0.25, 0.3) is 5.91 Å². The number of ether oxygens (including phenoxy) is 1. The summed E-state index contributed by atoms with van der Waals surface area (Å²) in [6.07, 6.45) is 2.34. The molecule has 5 rings (SSSR count). The van der Waals surface area contributed by atoms with Crippen LogP contribution in [0.25, 0.3) is 22.3 Å². The van der Waals surface area contributed by atoms with E-state index in [0.29, 0.717) is 25.5 Å². The number of nitrogens with zero attached hydrogens (tertiary/aromatic N) is 3. The summed E-state index contributed by atoms with van der Waals surface area (Å²) in [6.45, 7) is 9.06. The first-order valence-corrected chi connectivity index (χ1v) is 12.7. The van der Waals surface area contributed by atoms with Crippen molar-refractivity contribution < 1.29 is 14.3 Å². The highest BCUT2D eigenvalue weighted by Crippen LogP contribution is 2.32. The quantitative estimate of drug-likeness (QED) is 0.556. The monoisotopic (exact) mass is 499 g/mol. The molecule has 8 nitrogen and oxygen atoms in total. The number of carbonyl (C=O) groups is 2. The molecular weight excluding hydrogens is 466 g/mol. The molecule has 0 spiro atoms. The summed E-state index contributed by atoms with van der Waals surface area (Å²) in [6, 6.07) is 16.3. The predicted molar refractivity (Wildman–Crippen MR) is 146 cm³/mol. The number of hydrogen-bond acceptors (Lipinski definition) is 6. The van der Waals surface area contributed by atoms with Gasteiger partial charge in [-0.1, -0.05) is 24.3 Å². The molecule has 0 unspecified atom stereocenters. The van der Waals surface area contributed by atoms with E-state index in [-0.39, 0.29) is 12.0 Å². The molecule has 3 aromatic rings. The SMILES string of the molecule is CC(C)(C)OC(=O)N1CCN(c2ccc(-c3cnc(N)c(-c4ccc5c(c4)CCNC5=O)c3)cc2)CC1. The maximum atomic E-state index is 12.4. The fraction of sp³-hybridized carbons (Fsp3) is 0.345. The molecule has 192 valence electrons. The molecular formula is C29H33N5O3. The Bertz CT molecular complexity index is 1320. The van der Waals surface area contributed by atoms with Crippen molar-refractivity contribution >= 4 is 23.5 Å². The minimum absolute atomic E-state index is 0.0287. The van der Waals surface area contributed by atoms with Crippen molar-refractivity contribution in [1.82, 2.24) is 15.2 Å². The van der Waals surface area contributed by atoms with E-state index >= 15 is 0 Å². The fourth-order valence-electron chi connectivity index (χ4n) is 4.80. The number of nitrogens with two attached hydrogens (primary N) is 1. The van der Waals surface area contributed by atoms with Crippen LogP contribution in [0.4, 0.5) is 16.3 Å². The minimum atomic E-state index is -0.489. The molecule has 1 fully saturated rings. The van der Waals surface area contributed by atoms with Crippen LogP contribution in [0.1, 0.15) is 36.7 Å². The number of benzene rings is 2. The lowest BCUT2D eigenvalue weighted by Crippen LogP contribution is -2.50. The molecule has 2 aliphatic heterocycles. The first-order valence-electron chi connectivity index (χ1n) is 12.7. The third kappa shape index (κ3) is 5.38. The smallest absolute Gasteiger partial charge is 0.410 e. The van der Waals surface area contributed by atoms with Gasteiger partial charge in [-0.25, -0.2) is 9.78 Å².